The van der Waals surface area contributed by atoms with Crippen molar-refractivity contribution in [3.8, 4) is 0 Å². The molecule has 0 aromatic rings. The molecule has 1 aliphatic rings. The number of carbonyl (C=O) groups is 1. The summed E-state index contributed by atoms with van der Waals surface area (Å²) in [5.74, 6) is -1.78. The number of hydrogen-bond donors (Lipinski definition) is 1. The number of halogens is 3. The molecule has 2 atom stereocenters. The molecule has 0 radical (unpaired) electrons. The second-order valence-electron chi connectivity index (χ2n) is 4.74. The Morgan fingerprint density at radius 3 is 2.56 bits per heavy atom. The van der Waals surface area contributed by atoms with Gasteiger partial charge in [-0.2, -0.15) is 13.2 Å². The number of hydrogen-bond acceptors (Lipinski definition) is 3. The number of ether oxygens (including phenoxy) is 1. The molecule has 18 heavy (non-hydrogen) atoms. The zero-order valence-electron chi connectivity index (χ0n) is 10.5. The largest absolute Gasteiger partial charge is 0.481 e. The van der Waals surface area contributed by atoms with E-state index in [1.807, 2.05) is 0 Å². The lowest BCUT2D eigenvalue weighted by atomic mass is 9.86. The fraction of sp³-hybridized carbons (Fsp3) is 0.909. The predicted octanol–water partition coefficient (Wildman–Crippen LogP) is 1.75. The third kappa shape index (κ3) is 2.77. The molecule has 0 amide bonds. The Bertz CT molecular complexity index is 308. The predicted molar refractivity (Wildman–Crippen MR) is 58.3 cm³/mol. The van der Waals surface area contributed by atoms with Crippen LogP contribution in [0.2, 0.25) is 0 Å². The summed E-state index contributed by atoms with van der Waals surface area (Å²) in [4.78, 5) is 12.6. The van der Waals surface area contributed by atoms with E-state index in [4.69, 9.17) is 9.84 Å². The summed E-state index contributed by atoms with van der Waals surface area (Å²) >= 11 is 0. The summed E-state index contributed by atoms with van der Waals surface area (Å²) < 4.78 is 43.6. The molecule has 0 aromatic carbocycles. The van der Waals surface area contributed by atoms with Crippen LogP contribution in [-0.2, 0) is 9.53 Å². The third-order valence-corrected chi connectivity index (χ3v) is 3.61. The molecule has 1 aliphatic heterocycles. The van der Waals surface area contributed by atoms with E-state index in [0.717, 1.165) is 0 Å². The van der Waals surface area contributed by atoms with Crippen LogP contribution in [0.25, 0.3) is 0 Å². The fourth-order valence-corrected chi connectivity index (χ4v) is 2.21. The van der Waals surface area contributed by atoms with Gasteiger partial charge in [0.1, 0.15) is 0 Å². The second kappa shape index (κ2) is 5.44. The van der Waals surface area contributed by atoms with Gasteiger partial charge < -0.3 is 9.84 Å². The molecule has 1 heterocycles. The molecule has 1 rings (SSSR count). The van der Waals surface area contributed by atoms with Crippen LogP contribution in [0, 0.1) is 5.41 Å². The van der Waals surface area contributed by atoms with Crippen LogP contribution in [0.3, 0.4) is 0 Å². The summed E-state index contributed by atoms with van der Waals surface area (Å²) in [5.41, 5.74) is -2.62. The van der Waals surface area contributed by atoms with Gasteiger partial charge in [-0.25, -0.2) is 0 Å². The number of aliphatic carboxylic acids is 1. The molecule has 2 unspecified atom stereocenters. The van der Waals surface area contributed by atoms with E-state index in [2.05, 4.69) is 0 Å². The van der Waals surface area contributed by atoms with Crippen molar-refractivity contribution < 1.29 is 27.8 Å². The number of rotatable bonds is 5. The first-order valence-corrected chi connectivity index (χ1v) is 5.77. The lowest BCUT2D eigenvalue weighted by molar-refractivity contribution is -0.227. The maximum Gasteiger partial charge on any atom is 0.406 e. The van der Waals surface area contributed by atoms with Gasteiger partial charge in [0, 0.05) is 26.3 Å². The average molecular weight is 269 g/mol. The monoisotopic (exact) mass is 269 g/mol. The number of likely N-dealkylation sites (tertiary alicyclic amines) is 1. The summed E-state index contributed by atoms with van der Waals surface area (Å²) in [6.45, 7) is 1.91. The molecular weight excluding hydrogens is 251 g/mol. The Balaban J connectivity index is 2.75. The zero-order valence-corrected chi connectivity index (χ0v) is 10.5. The van der Waals surface area contributed by atoms with E-state index < -0.39 is 24.1 Å². The summed E-state index contributed by atoms with van der Waals surface area (Å²) in [7, 11) is 1.52. The molecular formula is C11H18F3NO3. The standard InChI is InChI=1S/C11H18F3NO3/c1-8(3-6-18-2)15-5-4-10(7-15,9(16)17)11(12,13)14/h8H,3-7H2,1-2H3,(H,16,17). The molecule has 7 heteroatoms. The van der Waals surface area contributed by atoms with Crippen molar-refractivity contribution in [2.24, 2.45) is 5.41 Å². The Hall–Kier alpha value is -0.820. The van der Waals surface area contributed by atoms with Gasteiger partial charge in [0.05, 0.1) is 0 Å². The average Bonchev–Trinajstić information content (AvgIpc) is 2.71. The number of alkyl halides is 3. The highest BCUT2D eigenvalue weighted by Crippen LogP contribution is 2.46. The van der Waals surface area contributed by atoms with E-state index in [1.54, 1.807) is 11.8 Å². The van der Waals surface area contributed by atoms with Crippen molar-refractivity contribution in [3.63, 3.8) is 0 Å². The van der Waals surface area contributed by atoms with Crippen LogP contribution < -0.4 is 0 Å². The smallest absolute Gasteiger partial charge is 0.406 e. The highest BCUT2D eigenvalue weighted by Gasteiger charge is 2.63. The van der Waals surface area contributed by atoms with Gasteiger partial charge in [0.2, 0.25) is 0 Å². The van der Waals surface area contributed by atoms with Crippen LogP contribution >= 0.6 is 0 Å². The number of nitrogens with zero attached hydrogens (tertiary/aromatic N) is 1. The minimum Gasteiger partial charge on any atom is -0.481 e. The second-order valence-corrected chi connectivity index (χ2v) is 4.74. The summed E-state index contributed by atoms with van der Waals surface area (Å²) in [6.07, 6.45) is -4.51. The van der Waals surface area contributed by atoms with Gasteiger partial charge in [-0.1, -0.05) is 0 Å². The van der Waals surface area contributed by atoms with Crippen molar-refractivity contribution >= 4 is 5.97 Å². The van der Waals surface area contributed by atoms with E-state index in [-0.39, 0.29) is 19.0 Å². The van der Waals surface area contributed by atoms with Gasteiger partial charge in [-0.15, -0.1) is 0 Å². The lowest BCUT2D eigenvalue weighted by Crippen LogP contribution is -2.48. The Kier molecular flexibility index (Phi) is 4.61. The molecule has 0 bridgehead atoms. The maximum atomic E-state index is 12.9. The van der Waals surface area contributed by atoms with Crippen LogP contribution in [0.15, 0.2) is 0 Å². The van der Waals surface area contributed by atoms with Crippen molar-refractivity contribution in [1.82, 2.24) is 4.90 Å². The number of carboxylic acids is 1. The van der Waals surface area contributed by atoms with Crippen LogP contribution in [0.4, 0.5) is 13.2 Å². The topological polar surface area (TPSA) is 49.8 Å². The first-order valence-electron chi connectivity index (χ1n) is 5.77. The van der Waals surface area contributed by atoms with E-state index in [9.17, 15) is 18.0 Å². The van der Waals surface area contributed by atoms with Crippen LogP contribution in [0.5, 0.6) is 0 Å². The Morgan fingerprint density at radius 2 is 2.17 bits per heavy atom. The molecule has 0 aliphatic carbocycles. The van der Waals surface area contributed by atoms with E-state index >= 15 is 0 Å². The minimum atomic E-state index is -4.71. The van der Waals surface area contributed by atoms with Crippen molar-refractivity contribution in [2.75, 3.05) is 26.8 Å². The molecule has 0 spiro atoms. The van der Waals surface area contributed by atoms with E-state index in [0.29, 0.717) is 13.0 Å². The molecule has 106 valence electrons. The first kappa shape index (κ1) is 15.2. The van der Waals surface area contributed by atoms with Crippen molar-refractivity contribution in [1.29, 1.82) is 0 Å². The molecule has 1 fully saturated rings. The Labute approximate surface area is 104 Å². The van der Waals surface area contributed by atoms with Gasteiger partial charge in [0.15, 0.2) is 5.41 Å². The quantitative estimate of drug-likeness (QED) is 0.826. The van der Waals surface area contributed by atoms with Crippen LogP contribution in [-0.4, -0.2) is 55.0 Å². The third-order valence-electron chi connectivity index (χ3n) is 3.61. The normalized spacial score (nSPS) is 27.4. The van der Waals surface area contributed by atoms with Gasteiger partial charge in [0.25, 0.3) is 0 Å². The van der Waals surface area contributed by atoms with E-state index in [1.165, 1.54) is 7.11 Å². The SMILES string of the molecule is COCCC(C)N1CCC(C(=O)O)(C(F)(F)F)C1. The highest BCUT2D eigenvalue weighted by atomic mass is 19.4. The van der Waals surface area contributed by atoms with Crippen LogP contribution in [0.1, 0.15) is 19.8 Å². The van der Waals surface area contributed by atoms with Gasteiger partial charge in [-0.05, 0) is 26.3 Å². The zero-order chi connectivity index (χ0) is 14.0. The molecule has 4 nitrogen and oxygen atoms in total. The minimum absolute atomic E-state index is 0.117. The van der Waals surface area contributed by atoms with Gasteiger partial charge >= 0.3 is 12.1 Å². The van der Waals surface area contributed by atoms with Crippen molar-refractivity contribution in [3.05, 3.63) is 0 Å². The molecule has 0 saturated carbocycles. The number of carboxylic acid groups (broad SMARTS) is 1. The molecule has 1 N–H and O–H groups in total. The summed E-state index contributed by atoms with van der Waals surface area (Å²) in [5, 5.41) is 8.90. The Morgan fingerprint density at radius 1 is 1.56 bits per heavy atom. The van der Waals surface area contributed by atoms with Crippen molar-refractivity contribution in [2.45, 2.75) is 32.0 Å². The first-order chi connectivity index (χ1) is 8.24. The maximum absolute atomic E-state index is 12.9. The highest BCUT2D eigenvalue weighted by molar-refractivity contribution is 5.76. The van der Waals surface area contributed by atoms with Gasteiger partial charge in [-0.3, -0.25) is 9.69 Å². The number of methoxy groups -OCH3 is 1. The molecule has 0 aromatic heterocycles. The molecule has 1 saturated heterocycles. The fourth-order valence-electron chi connectivity index (χ4n) is 2.21. The summed E-state index contributed by atoms with van der Waals surface area (Å²) in [6, 6.07) is -0.117. The lowest BCUT2D eigenvalue weighted by Gasteiger charge is -2.29.